The van der Waals surface area contributed by atoms with Crippen LogP contribution in [0.4, 0.5) is 13.2 Å². The van der Waals surface area contributed by atoms with Crippen molar-refractivity contribution in [3.8, 4) is 0 Å². The standard InChI is InChI=1S/C25H32F3N3O3/c26-25(27,28)23(33)31(21-14-20(21)18-6-2-1-3-7-18)19-15-24(34-17-19)8-12-30(13-9-24)22(32)16-29-10-4-5-11-29/h1-3,6-7,19-21H,4-5,8-17H2/t19?,20-,21+/m0/s1. The van der Waals surface area contributed by atoms with E-state index in [2.05, 4.69) is 4.90 Å². The second kappa shape index (κ2) is 9.15. The molecule has 0 bridgehead atoms. The van der Waals surface area contributed by atoms with Crippen molar-refractivity contribution < 1.29 is 27.5 Å². The van der Waals surface area contributed by atoms with E-state index in [0.29, 0.717) is 45.3 Å². The summed E-state index contributed by atoms with van der Waals surface area (Å²) in [4.78, 5) is 30.2. The Morgan fingerprint density at radius 2 is 1.74 bits per heavy atom. The van der Waals surface area contributed by atoms with Gasteiger partial charge < -0.3 is 14.5 Å². The molecule has 2 amide bonds. The van der Waals surface area contributed by atoms with Crippen molar-refractivity contribution in [2.75, 3.05) is 39.3 Å². The van der Waals surface area contributed by atoms with Gasteiger partial charge in [-0.3, -0.25) is 14.5 Å². The number of halogens is 3. The number of hydrogen-bond acceptors (Lipinski definition) is 4. The zero-order valence-corrected chi connectivity index (χ0v) is 19.3. The zero-order chi connectivity index (χ0) is 23.9. The minimum absolute atomic E-state index is 0.0749. The van der Waals surface area contributed by atoms with E-state index in [4.69, 9.17) is 4.74 Å². The Kier molecular flexibility index (Phi) is 6.35. The SMILES string of the molecule is O=C(CN1CCCC1)N1CCC2(CC1)CC(N(C(=O)C(F)(F)F)[C@@H]1C[C@H]1c1ccccc1)CO2. The second-order valence-electron chi connectivity index (χ2n) is 10.2. The molecular formula is C25H32F3N3O3. The topological polar surface area (TPSA) is 53.1 Å². The minimum Gasteiger partial charge on any atom is -0.373 e. The van der Waals surface area contributed by atoms with Gasteiger partial charge in [-0.2, -0.15) is 13.2 Å². The Morgan fingerprint density at radius 1 is 1.06 bits per heavy atom. The number of benzene rings is 1. The number of carbonyl (C=O) groups excluding carboxylic acids is 2. The van der Waals surface area contributed by atoms with Crippen LogP contribution in [0.25, 0.3) is 0 Å². The highest BCUT2D eigenvalue weighted by Gasteiger charge is 2.57. The molecule has 1 aromatic carbocycles. The maximum absolute atomic E-state index is 13.5. The van der Waals surface area contributed by atoms with E-state index in [-0.39, 0.29) is 18.4 Å². The Bertz CT molecular complexity index is 896. The molecule has 9 heteroatoms. The average molecular weight is 480 g/mol. The van der Waals surface area contributed by atoms with E-state index in [1.807, 2.05) is 35.2 Å². The predicted octanol–water partition coefficient (Wildman–Crippen LogP) is 3.18. The number of piperidine rings is 1. The highest BCUT2D eigenvalue weighted by atomic mass is 19.4. The molecule has 186 valence electrons. The van der Waals surface area contributed by atoms with Crippen LogP contribution in [0, 0.1) is 0 Å². The summed E-state index contributed by atoms with van der Waals surface area (Å²) >= 11 is 0. The molecule has 1 aromatic rings. The number of alkyl halides is 3. The minimum atomic E-state index is -4.91. The Labute approximate surface area is 198 Å². The quantitative estimate of drug-likeness (QED) is 0.651. The van der Waals surface area contributed by atoms with Gasteiger partial charge in [0.15, 0.2) is 0 Å². The summed E-state index contributed by atoms with van der Waals surface area (Å²) in [7, 11) is 0. The molecule has 1 unspecified atom stereocenters. The van der Waals surface area contributed by atoms with E-state index < -0.39 is 29.8 Å². The molecule has 1 saturated carbocycles. The lowest BCUT2D eigenvalue weighted by Crippen LogP contribution is -2.51. The van der Waals surface area contributed by atoms with E-state index >= 15 is 0 Å². The van der Waals surface area contributed by atoms with Crippen molar-refractivity contribution in [3.63, 3.8) is 0 Å². The largest absolute Gasteiger partial charge is 0.471 e. The number of likely N-dealkylation sites (tertiary alicyclic amines) is 2. The maximum atomic E-state index is 13.5. The van der Waals surface area contributed by atoms with Crippen LogP contribution >= 0.6 is 0 Å². The van der Waals surface area contributed by atoms with Crippen LogP contribution in [0.1, 0.15) is 50.0 Å². The van der Waals surface area contributed by atoms with Gasteiger partial charge in [0.05, 0.1) is 24.8 Å². The highest BCUT2D eigenvalue weighted by molar-refractivity contribution is 5.83. The first-order valence-corrected chi connectivity index (χ1v) is 12.3. The third-order valence-corrected chi connectivity index (χ3v) is 7.99. The fourth-order valence-corrected chi connectivity index (χ4v) is 6.02. The van der Waals surface area contributed by atoms with Gasteiger partial charge >= 0.3 is 12.1 Å². The molecule has 3 saturated heterocycles. The molecule has 4 aliphatic rings. The molecule has 4 fully saturated rings. The van der Waals surface area contributed by atoms with Crippen molar-refractivity contribution in [3.05, 3.63) is 35.9 Å². The van der Waals surface area contributed by atoms with Crippen molar-refractivity contribution in [2.45, 2.75) is 68.3 Å². The van der Waals surface area contributed by atoms with Crippen LogP contribution in [0.5, 0.6) is 0 Å². The van der Waals surface area contributed by atoms with Gasteiger partial charge in [0.1, 0.15) is 0 Å². The molecule has 3 heterocycles. The smallest absolute Gasteiger partial charge is 0.373 e. The molecule has 1 aliphatic carbocycles. The first-order chi connectivity index (χ1) is 16.3. The first-order valence-electron chi connectivity index (χ1n) is 12.3. The number of rotatable bonds is 5. The zero-order valence-electron chi connectivity index (χ0n) is 19.3. The number of hydrogen-bond donors (Lipinski definition) is 0. The molecule has 5 rings (SSSR count). The van der Waals surface area contributed by atoms with Crippen LogP contribution in [-0.4, -0.2) is 89.7 Å². The Morgan fingerprint density at radius 3 is 2.38 bits per heavy atom. The predicted molar refractivity (Wildman–Crippen MR) is 119 cm³/mol. The molecule has 0 radical (unpaired) electrons. The van der Waals surface area contributed by atoms with Gasteiger partial charge in [0.2, 0.25) is 5.91 Å². The second-order valence-corrected chi connectivity index (χ2v) is 10.2. The van der Waals surface area contributed by atoms with Crippen LogP contribution in [-0.2, 0) is 14.3 Å². The fourth-order valence-electron chi connectivity index (χ4n) is 6.02. The van der Waals surface area contributed by atoms with E-state index in [9.17, 15) is 22.8 Å². The Balaban J connectivity index is 1.23. The lowest BCUT2D eigenvalue weighted by atomic mass is 9.87. The van der Waals surface area contributed by atoms with Gasteiger partial charge in [0.25, 0.3) is 0 Å². The maximum Gasteiger partial charge on any atom is 0.471 e. The molecule has 0 aromatic heterocycles. The van der Waals surface area contributed by atoms with Crippen LogP contribution in [0.2, 0.25) is 0 Å². The number of carbonyl (C=O) groups is 2. The lowest BCUT2D eigenvalue weighted by Gasteiger charge is -2.39. The van der Waals surface area contributed by atoms with Crippen LogP contribution < -0.4 is 0 Å². The van der Waals surface area contributed by atoms with Gasteiger partial charge in [-0.1, -0.05) is 30.3 Å². The average Bonchev–Trinajstić information content (AvgIpc) is 3.22. The monoisotopic (exact) mass is 479 g/mol. The highest BCUT2D eigenvalue weighted by Crippen LogP contribution is 2.49. The van der Waals surface area contributed by atoms with Crippen molar-refractivity contribution in [2.24, 2.45) is 0 Å². The normalized spacial score (nSPS) is 28.9. The van der Waals surface area contributed by atoms with E-state index in [1.54, 1.807) is 0 Å². The van der Waals surface area contributed by atoms with Gasteiger partial charge in [-0.05, 0) is 57.2 Å². The summed E-state index contributed by atoms with van der Waals surface area (Å²) in [5, 5.41) is 0. The van der Waals surface area contributed by atoms with Crippen LogP contribution in [0.3, 0.4) is 0 Å². The number of ether oxygens (including phenoxy) is 1. The summed E-state index contributed by atoms with van der Waals surface area (Å²) < 4.78 is 46.7. The van der Waals surface area contributed by atoms with Gasteiger partial charge in [-0.25, -0.2) is 0 Å². The van der Waals surface area contributed by atoms with E-state index in [1.165, 1.54) is 0 Å². The summed E-state index contributed by atoms with van der Waals surface area (Å²) in [5.74, 6) is -1.72. The molecular weight excluding hydrogens is 447 g/mol. The lowest BCUT2D eigenvalue weighted by molar-refractivity contribution is -0.188. The van der Waals surface area contributed by atoms with Crippen LogP contribution in [0.15, 0.2) is 30.3 Å². The molecule has 3 aliphatic heterocycles. The van der Waals surface area contributed by atoms with Crippen molar-refractivity contribution in [1.29, 1.82) is 0 Å². The summed E-state index contributed by atoms with van der Waals surface area (Å²) in [6.07, 6.45) is -0.540. The summed E-state index contributed by atoms with van der Waals surface area (Å²) in [6.45, 7) is 3.56. The molecule has 1 spiro atoms. The Hall–Kier alpha value is -2.13. The van der Waals surface area contributed by atoms with Crippen molar-refractivity contribution >= 4 is 11.8 Å². The summed E-state index contributed by atoms with van der Waals surface area (Å²) in [6, 6.07) is 8.36. The van der Waals surface area contributed by atoms with Crippen molar-refractivity contribution in [1.82, 2.24) is 14.7 Å². The molecule has 3 atom stereocenters. The third kappa shape index (κ3) is 4.82. The third-order valence-electron chi connectivity index (χ3n) is 7.99. The first kappa shape index (κ1) is 23.6. The number of amides is 2. The molecule has 6 nitrogen and oxygen atoms in total. The molecule has 0 N–H and O–H groups in total. The molecule has 34 heavy (non-hydrogen) atoms. The summed E-state index contributed by atoms with van der Waals surface area (Å²) in [5.41, 5.74) is 0.405. The number of nitrogens with zero attached hydrogens (tertiary/aromatic N) is 3. The van der Waals surface area contributed by atoms with Gasteiger partial charge in [0, 0.05) is 25.0 Å². The van der Waals surface area contributed by atoms with E-state index in [0.717, 1.165) is 36.4 Å². The van der Waals surface area contributed by atoms with Gasteiger partial charge in [-0.15, -0.1) is 0 Å². The fraction of sp³-hybridized carbons (Fsp3) is 0.680.